The van der Waals surface area contributed by atoms with Crippen LogP contribution in [0.4, 0.5) is 4.56 Å². The first-order chi connectivity index (χ1) is 7.27. The van der Waals surface area contributed by atoms with E-state index in [4.69, 9.17) is 0 Å². The van der Waals surface area contributed by atoms with E-state index in [1.165, 1.54) is 4.46 Å². The second kappa shape index (κ2) is 4.77. The van der Waals surface area contributed by atoms with Crippen molar-refractivity contribution in [2.45, 2.75) is 0 Å². The van der Waals surface area contributed by atoms with Crippen molar-refractivity contribution in [3.8, 4) is 0 Å². The molecule has 0 N–H and O–H groups in total. The van der Waals surface area contributed by atoms with Gasteiger partial charge in [0.15, 0.2) is 0 Å². The Morgan fingerprint density at radius 3 is 2.60 bits per heavy atom. The molecule has 0 aliphatic heterocycles. The van der Waals surface area contributed by atoms with Gasteiger partial charge in [-0.3, -0.25) is 0 Å². The van der Waals surface area contributed by atoms with Gasteiger partial charge in [0.1, 0.15) is 0 Å². The van der Waals surface area contributed by atoms with Gasteiger partial charge >= 0.3 is 99.3 Å². The second-order valence-electron chi connectivity index (χ2n) is 2.76. The van der Waals surface area contributed by atoms with E-state index < -0.39 is 0 Å². The average Bonchev–Trinajstić information content (AvgIpc) is 2.67. The maximum absolute atomic E-state index is 10.7. The zero-order valence-corrected chi connectivity index (χ0v) is 11.0. The third-order valence-corrected chi connectivity index (χ3v) is 6.43. The Hall–Kier alpha value is -0.861. The third kappa shape index (κ3) is 2.58. The third-order valence-electron chi connectivity index (χ3n) is 1.75. The molecule has 1 aromatic carbocycles. The Labute approximate surface area is 99.2 Å². The van der Waals surface area contributed by atoms with Crippen molar-refractivity contribution in [1.82, 2.24) is 0 Å². The van der Waals surface area contributed by atoms with E-state index >= 15 is 0 Å². The predicted molar refractivity (Wildman–Crippen MR) is 61.5 cm³/mol. The van der Waals surface area contributed by atoms with Crippen molar-refractivity contribution in [3.63, 3.8) is 0 Å². The molecule has 0 fully saturated rings. The van der Waals surface area contributed by atoms with E-state index in [0.717, 1.165) is 4.46 Å². The van der Waals surface area contributed by atoms with E-state index in [1.54, 1.807) is 0 Å². The van der Waals surface area contributed by atoms with Crippen LogP contribution in [0.3, 0.4) is 0 Å². The van der Waals surface area contributed by atoms with Gasteiger partial charge in [0.2, 0.25) is 0 Å². The first kappa shape index (κ1) is 10.6. The molecule has 0 unspecified atom stereocenters. The van der Waals surface area contributed by atoms with E-state index in [2.05, 4.69) is 0 Å². The van der Waals surface area contributed by atoms with Crippen LogP contribution in [-0.2, 0) is 0 Å². The molecule has 0 saturated carbocycles. The monoisotopic (exact) mass is 333 g/mol. The molecule has 0 radical (unpaired) electrons. The van der Waals surface area contributed by atoms with Crippen molar-refractivity contribution >= 4 is 42.9 Å². The van der Waals surface area contributed by atoms with Gasteiger partial charge < -0.3 is 0 Å². The minimum absolute atomic E-state index is 0.0679. The molecule has 76 valence electrons. The molecule has 2 aromatic rings. The summed E-state index contributed by atoms with van der Waals surface area (Å²) in [6.45, 7) is 0. The summed E-state index contributed by atoms with van der Waals surface area (Å²) in [4.78, 5) is 12.4. The number of nitro groups is 1. The second-order valence-corrected chi connectivity index (χ2v) is 6.98. The molecule has 2 rings (SSSR count). The molecule has 1 heterocycles. The fourth-order valence-corrected chi connectivity index (χ4v) is 5.57. The molecule has 15 heavy (non-hydrogen) atoms. The van der Waals surface area contributed by atoms with Gasteiger partial charge in [-0.25, -0.2) is 0 Å². The van der Waals surface area contributed by atoms with Crippen LogP contribution in [0.1, 0.15) is 0 Å². The number of nitrogens with zero attached hydrogens (tertiary/aromatic N) is 1. The Morgan fingerprint density at radius 2 is 1.93 bits per heavy atom. The van der Waals surface area contributed by atoms with Crippen molar-refractivity contribution in [1.29, 1.82) is 0 Å². The molecule has 5 heteroatoms. The Kier molecular flexibility index (Phi) is 3.39. The summed E-state index contributed by atoms with van der Waals surface area (Å²) in [5.74, 6) is 0. The van der Waals surface area contributed by atoms with Crippen molar-refractivity contribution in [3.05, 3.63) is 51.5 Å². The van der Waals surface area contributed by atoms with E-state index in [-0.39, 0.29) is 34.4 Å². The quantitative estimate of drug-likeness (QED) is 0.462. The molecular formula is C10H7NO2Se2. The summed E-state index contributed by atoms with van der Waals surface area (Å²) < 4.78 is 2.52. The summed E-state index contributed by atoms with van der Waals surface area (Å²) in [5, 5.41) is 10.7. The van der Waals surface area contributed by atoms with Crippen molar-refractivity contribution in [2.24, 2.45) is 0 Å². The fraction of sp³-hybridized carbons (Fsp3) is 0. The molecule has 0 aliphatic rings. The molecule has 1 aromatic heterocycles. The van der Waals surface area contributed by atoms with Crippen LogP contribution in [0.15, 0.2) is 41.3 Å². The van der Waals surface area contributed by atoms with Gasteiger partial charge in [-0.2, -0.15) is 0 Å². The van der Waals surface area contributed by atoms with Gasteiger partial charge in [0, 0.05) is 0 Å². The van der Waals surface area contributed by atoms with Crippen LogP contribution in [0.25, 0.3) is 0 Å². The standard InChI is InChI=1S/C10H7NO2Se2/c12-11(13)10-9(6-7-14-10)15-8-4-2-1-3-5-8/h1-7H. The van der Waals surface area contributed by atoms with Crippen LogP contribution in [0, 0.1) is 10.1 Å². The molecular weight excluding hydrogens is 324 g/mol. The first-order valence-electron chi connectivity index (χ1n) is 4.22. The summed E-state index contributed by atoms with van der Waals surface area (Å²) in [7, 11) is 0. The minimum atomic E-state index is -0.236. The first-order valence-corrected chi connectivity index (χ1v) is 7.78. The normalized spacial score (nSPS) is 10.1. The van der Waals surface area contributed by atoms with Crippen LogP contribution >= 0.6 is 0 Å². The summed E-state index contributed by atoms with van der Waals surface area (Å²) in [5.41, 5.74) is 0. The fourth-order valence-electron chi connectivity index (χ4n) is 1.12. The van der Waals surface area contributed by atoms with Crippen LogP contribution < -0.4 is 8.92 Å². The van der Waals surface area contributed by atoms with Gasteiger partial charge in [-0.05, 0) is 0 Å². The Balaban J connectivity index is 2.25. The van der Waals surface area contributed by atoms with Gasteiger partial charge in [0.05, 0.1) is 0 Å². The van der Waals surface area contributed by atoms with Crippen molar-refractivity contribution in [2.75, 3.05) is 0 Å². The van der Waals surface area contributed by atoms with Gasteiger partial charge in [0.25, 0.3) is 0 Å². The number of rotatable bonds is 3. The molecule has 0 amide bonds. The zero-order chi connectivity index (χ0) is 10.7. The zero-order valence-electron chi connectivity index (χ0n) is 7.62. The number of benzene rings is 1. The molecule has 0 spiro atoms. The Bertz CT molecular complexity index is 467. The molecule has 0 atom stereocenters. The summed E-state index contributed by atoms with van der Waals surface area (Å²) in [6, 6.07) is 11.8. The Morgan fingerprint density at radius 1 is 1.20 bits per heavy atom. The predicted octanol–water partition coefficient (Wildman–Crippen LogP) is 0.307. The molecule has 0 bridgehead atoms. The van der Waals surface area contributed by atoms with Crippen LogP contribution in [0.5, 0.6) is 0 Å². The van der Waals surface area contributed by atoms with E-state index in [0.29, 0.717) is 4.56 Å². The number of hydrogen-bond donors (Lipinski definition) is 0. The van der Waals surface area contributed by atoms with Crippen LogP contribution in [0.2, 0.25) is 0 Å². The van der Waals surface area contributed by atoms with E-state index in [9.17, 15) is 10.1 Å². The maximum atomic E-state index is 10.7. The average molecular weight is 331 g/mol. The molecule has 0 saturated heterocycles. The SMILES string of the molecule is O=[N+]([O-])c1[se]ccc1[Se]c1ccccc1. The molecule has 0 aliphatic carbocycles. The van der Waals surface area contributed by atoms with Gasteiger partial charge in [-0.15, -0.1) is 0 Å². The summed E-state index contributed by atoms with van der Waals surface area (Å²) >= 11 is -0.00617. The van der Waals surface area contributed by atoms with Crippen molar-refractivity contribution < 1.29 is 4.92 Å². The number of hydrogen-bond acceptors (Lipinski definition) is 2. The van der Waals surface area contributed by atoms with Crippen LogP contribution in [-0.4, -0.2) is 34.4 Å². The topological polar surface area (TPSA) is 43.1 Å². The van der Waals surface area contributed by atoms with Gasteiger partial charge in [-0.1, -0.05) is 0 Å². The molecule has 3 nitrogen and oxygen atoms in total. The van der Waals surface area contributed by atoms with E-state index in [1.807, 2.05) is 41.3 Å². The summed E-state index contributed by atoms with van der Waals surface area (Å²) in [6.07, 6.45) is 0.